The van der Waals surface area contributed by atoms with E-state index < -0.39 is 18.1 Å². The number of rotatable bonds is 4. The van der Waals surface area contributed by atoms with Crippen molar-refractivity contribution in [1.29, 1.82) is 0 Å². The van der Waals surface area contributed by atoms with Crippen LogP contribution in [-0.4, -0.2) is 23.8 Å². The van der Waals surface area contributed by atoms with Crippen LogP contribution in [-0.2, 0) is 4.79 Å². The number of aliphatic carboxylic acids is 1. The number of carboxylic acids is 1. The second-order valence-electron chi connectivity index (χ2n) is 2.20. The highest BCUT2D eigenvalue weighted by Gasteiger charge is 2.22. The summed E-state index contributed by atoms with van der Waals surface area (Å²) in [4.78, 5) is 10.2. The molecule has 0 aliphatic heterocycles. The van der Waals surface area contributed by atoms with Crippen molar-refractivity contribution < 1.29 is 14.3 Å². The Labute approximate surface area is 59.0 Å². The third-order valence-electron chi connectivity index (χ3n) is 1.35. The average Bonchev–Trinajstić information content (AvgIpc) is 1.81. The fraction of sp³-hybridized carbons (Fsp3) is 0.833. The molecule has 0 aliphatic rings. The van der Waals surface area contributed by atoms with Gasteiger partial charge in [0, 0.05) is 0 Å². The van der Waals surface area contributed by atoms with Crippen LogP contribution < -0.4 is 5.73 Å². The zero-order valence-corrected chi connectivity index (χ0v) is 5.88. The topological polar surface area (TPSA) is 63.3 Å². The Kier molecular flexibility index (Phi) is 3.95. The van der Waals surface area contributed by atoms with Gasteiger partial charge in [-0.3, -0.25) is 4.79 Å². The maximum atomic E-state index is 12.4. The van der Waals surface area contributed by atoms with E-state index >= 15 is 0 Å². The highest BCUT2D eigenvalue weighted by Crippen LogP contribution is 2.10. The molecule has 3 N–H and O–H groups in total. The molecule has 2 atom stereocenters. The summed E-state index contributed by atoms with van der Waals surface area (Å²) in [7, 11) is 0. The minimum Gasteiger partial charge on any atom is -0.481 e. The minimum absolute atomic E-state index is 0.201. The van der Waals surface area contributed by atoms with Crippen LogP contribution in [0.4, 0.5) is 4.39 Å². The van der Waals surface area contributed by atoms with Gasteiger partial charge in [0.2, 0.25) is 0 Å². The van der Waals surface area contributed by atoms with Crippen LogP contribution in [0, 0.1) is 5.92 Å². The van der Waals surface area contributed by atoms with Crippen molar-refractivity contribution in [1.82, 2.24) is 0 Å². The SMILES string of the molecule is CC(F)C(CCN)C(=O)O. The lowest BCUT2D eigenvalue weighted by molar-refractivity contribution is -0.143. The molecule has 0 aromatic carbocycles. The summed E-state index contributed by atoms with van der Waals surface area (Å²) < 4.78 is 12.4. The van der Waals surface area contributed by atoms with E-state index in [0.29, 0.717) is 0 Å². The van der Waals surface area contributed by atoms with E-state index in [1.807, 2.05) is 0 Å². The molecular formula is C6H12FNO2. The predicted molar refractivity (Wildman–Crippen MR) is 35.4 cm³/mol. The normalized spacial score (nSPS) is 16.3. The zero-order chi connectivity index (χ0) is 8.15. The minimum atomic E-state index is -1.32. The number of carbonyl (C=O) groups is 1. The van der Waals surface area contributed by atoms with E-state index in [1.54, 1.807) is 0 Å². The molecule has 0 fully saturated rings. The lowest BCUT2D eigenvalue weighted by Gasteiger charge is -2.10. The van der Waals surface area contributed by atoms with Crippen LogP contribution in [0.15, 0.2) is 0 Å². The molecule has 0 aliphatic carbocycles. The van der Waals surface area contributed by atoms with Crippen molar-refractivity contribution in [3.63, 3.8) is 0 Å². The van der Waals surface area contributed by atoms with Crippen LogP contribution >= 0.6 is 0 Å². The Morgan fingerprint density at radius 3 is 2.40 bits per heavy atom. The third kappa shape index (κ3) is 2.77. The monoisotopic (exact) mass is 149 g/mol. The fourth-order valence-corrected chi connectivity index (χ4v) is 0.729. The molecule has 0 aromatic rings. The van der Waals surface area contributed by atoms with Gasteiger partial charge in [0.05, 0.1) is 5.92 Å². The van der Waals surface area contributed by atoms with Gasteiger partial charge < -0.3 is 10.8 Å². The molecule has 4 heteroatoms. The smallest absolute Gasteiger partial charge is 0.309 e. The molecule has 2 unspecified atom stereocenters. The van der Waals surface area contributed by atoms with Crippen molar-refractivity contribution in [2.24, 2.45) is 11.7 Å². The maximum Gasteiger partial charge on any atom is 0.309 e. The summed E-state index contributed by atoms with van der Waals surface area (Å²) >= 11 is 0. The quantitative estimate of drug-likeness (QED) is 0.608. The molecule has 10 heavy (non-hydrogen) atoms. The van der Waals surface area contributed by atoms with Crippen molar-refractivity contribution in [2.75, 3.05) is 6.54 Å². The highest BCUT2D eigenvalue weighted by atomic mass is 19.1. The third-order valence-corrected chi connectivity index (χ3v) is 1.35. The number of alkyl halides is 1. The first-order chi connectivity index (χ1) is 4.59. The molecule has 0 aromatic heterocycles. The molecule has 0 heterocycles. The first-order valence-electron chi connectivity index (χ1n) is 3.16. The zero-order valence-electron chi connectivity index (χ0n) is 5.88. The molecule has 0 rings (SSSR count). The van der Waals surface area contributed by atoms with Gasteiger partial charge in [-0.15, -0.1) is 0 Å². The van der Waals surface area contributed by atoms with Crippen LogP contribution in [0.3, 0.4) is 0 Å². The Morgan fingerprint density at radius 1 is 1.80 bits per heavy atom. The van der Waals surface area contributed by atoms with Crippen LogP contribution in [0.25, 0.3) is 0 Å². The predicted octanol–water partition coefficient (Wildman–Crippen LogP) is 0.394. The van der Waals surface area contributed by atoms with Crippen molar-refractivity contribution in [2.45, 2.75) is 19.5 Å². The van der Waals surface area contributed by atoms with E-state index in [-0.39, 0.29) is 13.0 Å². The first-order valence-corrected chi connectivity index (χ1v) is 3.16. The molecule has 0 saturated carbocycles. The van der Waals surface area contributed by atoms with Crippen LogP contribution in [0.1, 0.15) is 13.3 Å². The summed E-state index contributed by atoms with van der Waals surface area (Å²) in [5, 5.41) is 8.38. The number of halogens is 1. The standard InChI is InChI=1S/C6H12FNO2/c1-4(7)5(2-3-8)6(9)10/h4-5H,2-3,8H2,1H3,(H,9,10). The van der Waals surface area contributed by atoms with Gasteiger partial charge in [0.1, 0.15) is 6.17 Å². The number of nitrogens with two attached hydrogens (primary N) is 1. The van der Waals surface area contributed by atoms with Crippen molar-refractivity contribution >= 4 is 5.97 Å². The van der Waals surface area contributed by atoms with E-state index in [0.717, 1.165) is 0 Å². The van der Waals surface area contributed by atoms with Gasteiger partial charge in [-0.05, 0) is 19.9 Å². The number of carboxylic acid groups (broad SMARTS) is 1. The van der Waals surface area contributed by atoms with E-state index in [1.165, 1.54) is 6.92 Å². The van der Waals surface area contributed by atoms with Gasteiger partial charge in [-0.25, -0.2) is 4.39 Å². The van der Waals surface area contributed by atoms with Crippen molar-refractivity contribution in [3.05, 3.63) is 0 Å². The Morgan fingerprint density at radius 2 is 2.30 bits per heavy atom. The maximum absolute atomic E-state index is 12.4. The Balaban J connectivity index is 3.85. The molecule has 60 valence electrons. The summed E-state index contributed by atoms with van der Waals surface area (Å²) in [6.45, 7) is 1.44. The molecule has 0 bridgehead atoms. The second-order valence-corrected chi connectivity index (χ2v) is 2.20. The molecule has 0 radical (unpaired) electrons. The van der Waals surface area contributed by atoms with Gasteiger partial charge in [0.25, 0.3) is 0 Å². The van der Waals surface area contributed by atoms with Gasteiger partial charge in [-0.2, -0.15) is 0 Å². The van der Waals surface area contributed by atoms with Gasteiger partial charge in [0.15, 0.2) is 0 Å². The van der Waals surface area contributed by atoms with E-state index in [9.17, 15) is 9.18 Å². The molecule has 0 spiro atoms. The molecule has 0 saturated heterocycles. The van der Waals surface area contributed by atoms with E-state index in [2.05, 4.69) is 0 Å². The van der Waals surface area contributed by atoms with Crippen LogP contribution in [0.2, 0.25) is 0 Å². The molecule has 0 amide bonds. The van der Waals surface area contributed by atoms with Gasteiger partial charge >= 0.3 is 5.97 Å². The van der Waals surface area contributed by atoms with Gasteiger partial charge in [-0.1, -0.05) is 0 Å². The Hall–Kier alpha value is -0.640. The van der Waals surface area contributed by atoms with Crippen molar-refractivity contribution in [3.8, 4) is 0 Å². The summed E-state index contributed by atoms with van der Waals surface area (Å²) in [5.41, 5.74) is 5.08. The fourth-order valence-electron chi connectivity index (χ4n) is 0.729. The largest absolute Gasteiger partial charge is 0.481 e. The summed E-state index contributed by atoms with van der Waals surface area (Å²) in [6.07, 6.45) is -1.12. The summed E-state index contributed by atoms with van der Waals surface area (Å²) in [6, 6.07) is 0. The lowest BCUT2D eigenvalue weighted by atomic mass is 10.0. The Bertz CT molecular complexity index is 116. The highest BCUT2D eigenvalue weighted by molar-refractivity contribution is 5.70. The lowest BCUT2D eigenvalue weighted by Crippen LogP contribution is -2.25. The number of hydrogen-bond acceptors (Lipinski definition) is 2. The molecular weight excluding hydrogens is 137 g/mol. The molecule has 3 nitrogen and oxygen atoms in total. The second kappa shape index (κ2) is 4.22. The first kappa shape index (κ1) is 9.36. The summed E-state index contributed by atoms with van der Waals surface area (Å²) in [5.74, 6) is -2.05. The average molecular weight is 149 g/mol. The van der Waals surface area contributed by atoms with E-state index in [4.69, 9.17) is 10.8 Å². The number of hydrogen-bond donors (Lipinski definition) is 2. The van der Waals surface area contributed by atoms with Crippen LogP contribution in [0.5, 0.6) is 0 Å².